The molecular weight excluding hydrogens is 546 g/mol. The molecule has 0 fully saturated rings. The van der Waals surface area contributed by atoms with Gasteiger partial charge in [-0.3, -0.25) is 14.4 Å². The molecule has 0 aromatic heterocycles. The maximum absolute atomic E-state index is 13.1. The van der Waals surface area contributed by atoms with E-state index in [4.69, 9.17) is 14.2 Å². The normalized spacial score (nSPS) is 13.1. The third-order valence-electron chi connectivity index (χ3n) is 5.54. The van der Waals surface area contributed by atoms with Crippen molar-refractivity contribution in [3.8, 4) is 5.75 Å². The number of alkyl carbamates (subject to hydrolysis) is 1. The van der Waals surface area contributed by atoms with Crippen LogP contribution in [0.25, 0.3) is 0 Å². The second kappa shape index (κ2) is 18.8. The van der Waals surface area contributed by atoms with Crippen LogP contribution in [0.1, 0.15) is 52.5 Å². The molecule has 0 spiro atoms. The van der Waals surface area contributed by atoms with Crippen LogP contribution in [-0.2, 0) is 30.3 Å². The molecule has 1 aromatic rings. The average molecular weight is 592 g/mol. The topological polar surface area (TPSA) is 132 Å². The van der Waals surface area contributed by atoms with Gasteiger partial charge in [0.2, 0.25) is 11.8 Å². The highest BCUT2D eigenvalue weighted by atomic mass is 32.2. The molecule has 1 rings (SSSR count). The van der Waals surface area contributed by atoms with E-state index >= 15 is 0 Å². The Kier molecular flexibility index (Phi) is 16.3. The Morgan fingerprint density at radius 1 is 1.05 bits per heavy atom. The van der Waals surface area contributed by atoms with Crippen molar-refractivity contribution in [3.63, 3.8) is 0 Å². The lowest BCUT2D eigenvalue weighted by molar-refractivity contribution is -0.140. The Morgan fingerprint density at radius 2 is 1.73 bits per heavy atom. The summed E-state index contributed by atoms with van der Waals surface area (Å²) in [6, 6.07) is 6.37. The first-order valence-electron chi connectivity index (χ1n) is 13.5. The summed E-state index contributed by atoms with van der Waals surface area (Å²) in [6.07, 6.45) is 3.70. The maximum atomic E-state index is 13.1. The molecular formula is C30H45N3O7S. The quantitative estimate of drug-likeness (QED) is 0.132. The summed E-state index contributed by atoms with van der Waals surface area (Å²) in [5, 5.41) is 8.00. The predicted molar refractivity (Wildman–Crippen MR) is 162 cm³/mol. The van der Waals surface area contributed by atoms with Crippen LogP contribution in [0.15, 0.2) is 49.6 Å². The fourth-order valence-electron chi connectivity index (χ4n) is 3.47. The molecule has 0 aliphatic rings. The van der Waals surface area contributed by atoms with Gasteiger partial charge in [0.1, 0.15) is 24.0 Å². The van der Waals surface area contributed by atoms with Gasteiger partial charge >= 0.3 is 12.1 Å². The molecule has 41 heavy (non-hydrogen) atoms. The van der Waals surface area contributed by atoms with Gasteiger partial charge in [-0.15, -0.1) is 18.3 Å². The molecule has 3 unspecified atom stereocenters. The summed E-state index contributed by atoms with van der Waals surface area (Å²) in [5.74, 6) is 0.263. The zero-order valence-electron chi connectivity index (χ0n) is 24.8. The van der Waals surface area contributed by atoms with Gasteiger partial charge in [-0.1, -0.05) is 37.8 Å². The lowest BCUT2D eigenvalue weighted by Gasteiger charge is -2.24. The van der Waals surface area contributed by atoms with Crippen LogP contribution in [0.5, 0.6) is 5.75 Å². The summed E-state index contributed by atoms with van der Waals surface area (Å²) >= 11 is 1.39. The van der Waals surface area contributed by atoms with Gasteiger partial charge in [0, 0.05) is 25.1 Å². The molecule has 11 heteroatoms. The van der Waals surface area contributed by atoms with E-state index in [1.807, 2.05) is 19.1 Å². The summed E-state index contributed by atoms with van der Waals surface area (Å²) in [4.78, 5) is 49.7. The first-order chi connectivity index (χ1) is 19.4. The molecule has 0 aliphatic heterocycles. The highest BCUT2D eigenvalue weighted by molar-refractivity contribution is 8.00. The van der Waals surface area contributed by atoms with E-state index in [2.05, 4.69) is 29.1 Å². The second-order valence-electron chi connectivity index (χ2n) is 10.5. The van der Waals surface area contributed by atoms with Crippen LogP contribution < -0.4 is 20.7 Å². The Morgan fingerprint density at radius 3 is 2.32 bits per heavy atom. The van der Waals surface area contributed by atoms with E-state index < -0.39 is 29.1 Å². The number of benzene rings is 1. The number of methoxy groups -OCH3 is 1. The molecule has 0 aliphatic carbocycles. The standard InChI is InChI=1S/C30H45N3O7S/c1-8-16-39-23-13-11-22(12-14-23)18-24(32-29(37)40-30(4,5)6)28(36)31-20-21(3)10-15-25(34)33-26(41-17-9-2)19-27(35)38-7/h8-9,11-14,21,24,26H,1-2,10,15-20H2,3-7H3,(H,31,36)(H,32,37)(H,33,34). The SMILES string of the molecule is C=CCOc1ccc(CC(NC(=O)OC(C)(C)C)C(=O)NCC(C)CCC(=O)NC(CC(=O)OC)SCC=C)cc1. The smallest absolute Gasteiger partial charge is 0.408 e. The molecule has 0 bridgehead atoms. The lowest BCUT2D eigenvalue weighted by atomic mass is 10.0. The third kappa shape index (κ3) is 16.4. The summed E-state index contributed by atoms with van der Waals surface area (Å²) in [6.45, 7) is 15.1. The number of hydrogen-bond donors (Lipinski definition) is 3. The van der Waals surface area contributed by atoms with Crippen LogP contribution in [-0.4, -0.2) is 66.9 Å². The van der Waals surface area contributed by atoms with Crippen molar-refractivity contribution < 1.29 is 33.4 Å². The number of esters is 1. The van der Waals surface area contributed by atoms with Crippen molar-refractivity contribution in [2.24, 2.45) is 5.92 Å². The monoisotopic (exact) mass is 591 g/mol. The van der Waals surface area contributed by atoms with E-state index in [0.717, 1.165) is 5.56 Å². The molecule has 0 saturated heterocycles. The first-order valence-corrected chi connectivity index (χ1v) is 14.6. The molecule has 3 atom stereocenters. The van der Waals surface area contributed by atoms with Crippen molar-refractivity contribution in [3.05, 3.63) is 55.1 Å². The number of hydrogen-bond acceptors (Lipinski definition) is 8. The summed E-state index contributed by atoms with van der Waals surface area (Å²) < 4.78 is 15.6. The fraction of sp³-hybridized carbons (Fsp3) is 0.533. The number of carbonyl (C=O) groups excluding carboxylic acids is 4. The van der Waals surface area contributed by atoms with Crippen molar-refractivity contribution in [1.29, 1.82) is 0 Å². The van der Waals surface area contributed by atoms with Gasteiger partial charge in [-0.25, -0.2) is 4.79 Å². The molecule has 3 amide bonds. The van der Waals surface area contributed by atoms with Gasteiger partial charge in [0.15, 0.2) is 0 Å². The number of thioether (sulfide) groups is 1. The van der Waals surface area contributed by atoms with Crippen LogP contribution in [0.4, 0.5) is 4.79 Å². The number of amides is 3. The number of ether oxygens (including phenoxy) is 3. The van der Waals surface area contributed by atoms with Crippen molar-refractivity contribution in [1.82, 2.24) is 16.0 Å². The maximum Gasteiger partial charge on any atom is 0.408 e. The number of carbonyl (C=O) groups is 4. The molecule has 10 nitrogen and oxygen atoms in total. The third-order valence-corrected chi connectivity index (χ3v) is 6.66. The number of nitrogens with one attached hydrogen (secondary N) is 3. The minimum Gasteiger partial charge on any atom is -0.490 e. The van der Waals surface area contributed by atoms with Gasteiger partial charge in [-0.05, 0) is 50.8 Å². The van der Waals surface area contributed by atoms with Crippen molar-refractivity contribution >= 4 is 35.6 Å². The largest absolute Gasteiger partial charge is 0.490 e. The highest BCUT2D eigenvalue weighted by Gasteiger charge is 2.25. The molecule has 0 radical (unpaired) electrons. The molecule has 0 saturated carbocycles. The Hall–Kier alpha value is -3.47. The Balaban J connectivity index is 2.72. The Labute approximate surface area is 248 Å². The second-order valence-corrected chi connectivity index (χ2v) is 11.7. The minimum atomic E-state index is -0.874. The van der Waals surface area contributed by atoms with E-state index in [0.29, 0.717) is 31.1 Å². The zero-order chi connectivity index (χ0) is 30.8. The highest BCUT2D eigenvalue weighted by Crippen LogP contribution is 2.16. The first kappa shape index (κ1) is 35.6. The average Bonchev–Trinajstić information content (AvgIpc) is 2.91. The zero-order valence-corrected chi connectivity index (χ0v) is 25.6. The van der Waals surface area contributed by atoms with Crippen LogP contribution in [0.3, 0.4) is 0 Å². The fourth-order valence-corrected chi connectivity index (χ4v) is 4.31. The van der Waals surface area contributed by atoms with Crippen LogP contribution in [0.2, 0.25) is 0 Å². The van der Waals surface area contributed by atoms with Crippen molar-refractivity contribution in [2.45, 2.75) is 70.4 Å². The molecule has 228 valence electrons. The Bertz CT molecular complexity index is 1010. The van der Waals surface area contributed by atoms with E-state index in [1.165, 1.54) is 18.9 Å². The molecule has 0 heterocycles. The van der Waals surface area contributed by atoms with Gasteiger partial charge < -0.3 is 30.2 Å². The van der Waals surface area contributed by atoms with Gasteiger partial charge in [0.25, 0.3) is 0 Å². The lowest BCUT2D eigenvalue weighted by Crippen LogP contribution is -2.50. The van der Waals surface area contributed by atoms with E-state index in [1.54, 1.807) is 45.1 Å². The molecule has 3 N–H and O–H groups in total. The molecule has 1 aromatic carbocycles. The van der Waals surface area contributed by atoms with Crippen LogP contribution in [0, 0.1) is 5.92 Å². The summed E-state index contributed by atoms with van der Waals surface area (Å²) in [7, 11) is 1.30. The van der Waals surface area contributed by atoms with Gasteiger partial charge in [0.05, 0.1) is 18.9 Å². The number of rotatable bonds is 18. The predicted octanol–water partition coefficient (Wildman–Crippen LogP) is 4.14. The van der Waals surface area contributed by atoms with Crippen LogP contribution >= 0.6 is 11.8 Å². The minimum absolute atomic E-state index is 0.0203. The van der Waals surface area contributed by atoms with Gasteiger partial charge in [-0.2, -0.15) is 0 Å². The van der Waals surface area contributed by atoms with E-state index in [9.17, 15) is 19.2 Å². The van der Waals surface area contributed by atoms with Crippen molar-refractivity contribution in [2.75, 3.05) is 26.0 Å². The van der Waals surface area contributed by atoms with E-state index in [-0.39, 0.29) is 37.0 Å². The summed E-state index contributed by atoms with van der Waals surface area (Å²) in [5.41, 5.74) is 0.109.